The van der Waals surface area contributed by atoms with Crippen molar-refractivity contribution in [3.05, 3.63) is 70.0 Å². The predicted octanol–water partition coefficient (Wildman–Crippen LogP) is 3.71. The molecule has 0 aliphatic heterocycles. The highest BCUT2D eigenvalue weighted by atomic mass is 16.6. The van der Waals surface area contributed by atoms with Crippen LogP contribution in [0.1, 0.15) is 16.1 Å². The van der Waals surface area contributed by atoms with Crippen molar-refractivity contribution < 1.29 is 29.1 Å². The first kappa shape index (κ1) is 19.4. The summed E-state index contributed by atoms with van der Waals surface area (Å²) in [5, 5.41) is 33.7. The van der Waals surface area contributed by atoms with Crippen molar-refractivity contribution in [1.29, 1.82) is 0 Å². The quantitative estimate of drug-likeness (QED) is 0.236. The van der Waals surface area contributed by atoms with Crippen LogP contribution in [0.4, 0.5) is 11.4 Å². The lowest BCUT2D eigenvalue weighted by Gasteiger charge is -2.03. The third kappa shape index (κ3) is 4.33. The van der Waals surface area contributed by atoms with E-state index >= 15 is 0 Å². The van der Waals surface area contributed by atoms with Crippen LogP contribution in [0.3, 0.4) is 0 Å². The molecule has 1 heterocycles. The van der Waals surface area contributed by atoms with Gasteiger partial charge >= 0.3 is 5.97 Å². The maximum absolute atomic E-state index is 11.3. The van der Waals surface area contributed by atoms with Gasteiger partial charge in [-0.2, -0.15) is 5.10 Å². The number of nitro benzene ring substituents is 1. The number of hydrogen-bond donors (Lipinski definition) is 3. The number of aromatic carboxylic acids is 1. The Kier molecular flexibility index (Phi) is 5.44. The molecule has 0 aliphatic carbocycles. The van der Waals surface area contributed by atoms with E-state index in [2.05, 4.69) is 10.5 Å². The highest BCUT2D eigenvalue weighted by molar-refractivity contribution is 5.92. The minimum atomic E-state index is -1.27. The molecule has 0 spiro atoms. The van der Waals surface area contributed by atoms with Gasteiger partial charge in [0, 0.05) is 0 Å². The Morgan fingerprint density at radius 1 is 1.24 bits per heavy atom. The lowest BCUT2D eigenvalue weighted by Crippen LogP contribution is -1.98. The first-order valence-corrected chi connectivity index (χ1v) is 8.17. The van der Waals surface area contributed by atoms with E-state index < -0.39 is 10.9 Å². The van der Waals surface area contributed by atoms with Crippen molar-refractivity contribution in [2.24, 2.45) is 5.10 Å². The second-order valence-electron chi connectivity index (χ2n) is 5.75. The Morgan fingerprint density at radius 2 is 2.03 bits per heavy atom. The standard InChI is InChI=1S/C19H15N3O7/c1-28-12-3-5-14(16(9-12)22(26)27)18-7-4-13(29-18)10-20-21-11-2-6-17(23)15(8-11)19(24)25/h2-10,21,23H,1H3,(H,24,25). The Bertz CT molecular complexity index is 1100. The van der Waals surface area contributed by atoms with E-state index in [0.717, 1.165) is 0 Å². The number of ether oxygens (including phenoxy) is 1. The fourth-order valence-electron chi connectivity index (χ4n) is 2.51. The van der Waals surface area contributed by atoms with Crippen LogP contribution in [0, 0.1) is 10.1 Å². The van der Waals surface area contributed by atoms with Gasteiger partial charge in [-0.05, 0) is 42.5 Å². The van der Waals surface area contributed by atoms with Gasteiger partial charge in [-0.25, -0.2) is 4.79 Å². The summed E-state index contributed by atoms with van der Waals surface area (Å²) in [5.74, 6) is -0.684. The Morgan fingerprint density at radius 3 is 2.72 bits per heavy atom. The van der Waals surface area contributed by atoms with Crippen molar-refractivity contribution in [3.63, 3.8) is 0 Å². The van der Waals surface area contributed by atoms with Crippen LogP contribution in [0.2, 0.25) is 0 Å². The molecule has 0 saturated heterocycles. The van der Waals surface area contributed by atoms with Gasteiger partial charge in [-0.3, -0.25) is 15.5 Å². The smallest absolute Gasteiger partial charge is 0.339 e. The number of nitro groups is 1. The SMILES string of the molecule is COc1ccc(-c2ccc(C=NNc3ccc(O)c(C(=O)O)c3)o2)c([N+](=O)[O-])c1. The van der Waals surface area contributed by atoms with Crippen molar-refractivity contribution in [1.82, 2.24) is 0 Å². The number of carboxylic acid groups (broad SMARTS) is 1. The molecule has 1 aromatic heterocycles. The van der Waals surface area contributed by atoms with Gasteiger partial charge < -0.3 is 19.4 Å². The minimum absolute atomic E-state index is 0.161. The van der Waals surface area contributed by atoms with Crippen molar-refractivity contribution in [3.8, 4) is 22.8 Å². The normalized spacial score (nSPS) is 10.8. The van der Waals surface area contributed by atoms with Crippen LogP contribution in [-0.2, 0) is 0 Å². The van der Waals surface area contributed by atoms with E-state index in [-0.39, 0.29) is 28.3 Å². The van der Waals surface area contributed by atoms with E-state index in [4.69, 9.17) is 14.3 Å². The molecule has 3 rings (SSSR count). The van der Waals surface area contributed by atoms with E-state index in [9.17, 15) is 20.0 Å². The van der Waals surface area contributed by atoms with Gasteiger partial charge in [0.2, 0.25) is 0 Å². The third-order valence-corrected chi connectivity index (χ3v) is 3.91. The highest BCUT2D eigenvalue weighted by Gasteiger charge is 2.19. The fourth-order valence-corrected chi connectivity index (χ4v) is 2.51. The molecule has 0 unspecified atom stereocenters. The lowest BCUT2D eigenvalue weighted by atomic mass is 10.1. The summed E-state index contributed by atoms with van der Waals surface area (Å²) >= 11 is 0. The second-order valence-corrected chi connectivity index (χ2v) is 5.75. The molecule has 2 aromatic carbocycles. The number of phenols is 1. The summed E-state index contributed by atoms with van der Waals surface area (Å²) in [7, 11) is 1.42. The van der Waals surface area contributed by atoms with Crippen LogP contribution in [0.25, 0.3) is 11.3 Å². The first-order chi connectivity index (χ1) is 13.9. The average molecular weight is 397 g/mol. The van der Waals surface area contributed by atoms with Gasteiger partial charge in [0.15, 0.2) is 0 Å². The van der Waals surface area contributed by atoms with E-state index in [1.54, 1.807) is 18.2 Å². The number of furan rings is 1. The molecule has 0 radical (unpaired) electrons. The summed E-state index contributed by atoms with van der Waals surface area (Å²) in [6.45, 7) is 0. The van der Waals surface area contributed by atoms with Gasteiger partial charge in [0.25, 0.3) is 5.69 Å². The van der Waals surface area contributed by atoms with Gasteiger partial charge in [0.05, 0.1) is 35.6 Å². The summed E-state index contributed by atoms with van der Waals surface area (Å²) in [4.78, 5) is 21.8. The molecule has 0 fully saturated rings. The molecule has 0 saturated carbocycles. The number of nitrogens with one attached hydrogen (secondary N) is 1. The molecule has 3 aromatic rings. The number of benzene rings is 2. The number of hydrazone groups is 1. The Hall–Kier alpha value is -4.34. The van der Waals surface area contributed by atoms with Crippen molar-refractivity contribution >= 4 is 23.6 Å². The monoisotopic (exact) mass is 397 g/mol. The van der Waals surface area contributed by atoms with Crippen molar-refractivity contribution in [2.75, 3.05) is 12.5 Å². The fraction of sp³-hybridized carbons (Fsp3) is 0.0526. The van der Waals surface area contributed by atoms with Crippen molar-refractivity contribution in [2.45, 2.75) is 0 Å². The number of carboxylic acids is 1. The molecular weight excluding hydrogens is 382 g/mol. The van der Waals surface area contributed by atoms with Crippen LogP contribution in [0.5, 0.6) is 11.5 Å². The zero-order valence-electron chi connectivity index (χ0n) is 15.0. The van der Waals surface area contributed by atoms with Crippen LogP contribution >= 0.6 is 0 Å². The van der Waals surface area contributed by atoms with E-state index in [0.29, 0.717) is 17.2 Å². The molecule has 10 nitrogen and oxygen atoms in total. The number of hydrogen-bond acceptors (Lipinski definition) is 8. The molecule has 0 bridgehead atoms. The number of nitrogens with zero attached hydrogens (tertiary/aromatic N) is 2. The van der Waals surface area contributed by atoms with Crippen LogP contribution in [0.15, 0.2) is 58.0 Å². The molecule has 3 N–H and O–H groups in total. The molecule has 29 heavy (non-hydrogen) atoms. The molecule has 0 atom stereocenters. The largest absolute Gasteiger partial charge is 0.507 e. The average Bonchev–Trinajstić information content (AvgIpc) is 3.17. The Balaban J connectivity index is 1.78. The number of aromatic hydroxyl groups is 1. The lowest BCUT2D eigenvalue weighted by molar-refractivity contribution is -0.384. The molecule has 0 aliphatic rings. The Labute approximate surface area is 163 Å². The summed E-state index contributed by atoms with van der Waals surface area (Å²) in [6, 6.07) is 11.5. The maximum Gasteiger partial charge on any atom is 0.339 e. The number of rotatable bonds is 7. The topological polar surface area (TPSA) is 147 Å². The first-order valence-electron chi connectivity index (χ1n) is 8.17. The minimum Gasteiger partial charge on any atom is -0.507 e. The van der Waals surface area contributed by atoms with Crippen LogP contribution < -0.4 is 10.2 Å². The maximum atomic E-state index is 11.3. The number of anilines is 1. The second kappa shape index (κ2) is 8.13. The number of carbonyl (C=O) groups is 1. The van der Waals surface area contributed by atoms with Gasteiger partial charge in [0.1, 0.15) is 28.6 Å². The molecular formula is C19H15N3O7. The molecule has 0 amide bonds. The summed E-state index contributed by atoms with van der Waals surface area (Å²) < 4.78 is 10.6. The summed E-state index contributed by atoms with van der Waals surface area (Å²) in [6.07, 6.45) is 1.33. The molecule has 10 heteroatoms. The zero-order chi connectivity index (χ0) is 21.0. The van der Waals surface area contributed by atoms with E-state index in [1.165, 1.54) is 43.7 Å². The summed E-state index contributed by atoms with van der Waals surface area (Å²) in [5.41, 5.74) is 2.82. The number of methoxy groups -OCH3 is 1. The predicted molar refractivity (Wildman–Crippen MR) is 104 cm³/mol. The van der Waals surface area contributed by atoms with Gasteiger partial charge in [-0.15, -0.1) is 0 Å². The molecule has 148 valence electrons. The van der Waals surface area contributed by atoms with Crippen LogP contribution in [-0.4, -0.2) is 34.4 Å². The zero-order valence-corrected chi connectivity index (χ0v) is 15.0. The van der Waals surface area contributed by atoms with E-state index in [1.807, 2.05) is 0 Å². The third-order valence-electron chi connectivity index (χ3n) is 3.91. The van der Waals surface area contributed by atoms with Gasteiger partial charge in [-0.1, -0.05) is 0 Å². The highest BCUT2D eigenvalue weighted by Crippen LogP contribution is 2.34.